The average Bonchev–Trinajstić information content (AvgIpc) is 2.04. The maximum atomic E-state index is 6.05. The molecule has 0 aromatic carbocycles. The second-order valence-corrected chi connectivity index (χ2v) is 3.45. The van der Waals surface area contributed by atoms with Gasteiger partial charge in [-0.05, 0) is 30.6 Å². The normalized spacial score (nSPS) is 18.8. The number of nitrogens with one attached hydrogen (secondary N) is 1. The SMILES string of the molecule is C=C1NC=CC(C)=C1C(N)CCC. The van der Waals surface area contributed by atoms with Crippen LogP contribution in [-0.4, -0.2) is 6.04 Å². The Morgan fingerprint density at radius 1 is 1.62 bits per heavy atom. The van der Waals surface area contributed by atoms with Gasteiger partial charge in [0.15, 0.2) is 0 Å². The van der Waals surface area contributed by atoms with Crippen LogP contribution in [0.5, 0.6) is 0 Å². The van der Waals surface area contributed by atoms with Gasteiger partial charge in [0.05, 0.1) is 0 Å². The molecular weight excluding hydrogens is 160 g/mol. The Balaban J connectivity index is 2.85. The van der Waals surface area contributed by atoms with Gasteiger partial charge in [-0.25, -0.2) is 0 Å². The van der Waals surface area contributed by atoms with Gasteiger partial charge < -0.3 is 11.1 Å². The summed E-state index contributed by atoms with van der Waals surface area (Å²) < 4.78 is 0. The van der Waals surface area contributed by atoms with Gasteiger partial charge in [0.1, 0.15) is 0 Å². The fraction of sp³-hybridized carbons (Fsp3) is 0.455. The van der Waals surface area contributed by atoms with Crippen molar-refractivity contribution in [1.29, 1.82) is 0 Å². The van der Waals surface area contributed by atoms with E-state index in [0.29, 0.717) is 0 Å². The molecule has 0 bridgehead atoms. The molecule has 0 aliphatic carbocycles. The van der Waals surface area contributed by atoms with Crippen LogP contribution >= 0.6 is 0 Å². The lowest BCUT2D eigenvalue weighted by Crippen LogP contribution is -2.28. The summed E-state index contributed by atoms with van der Waals surface area (Å²) >= 11 is 0. The summed E-state index contributed by atoms with van der Waals surface area (Å²) in [6, 6.07) is 0.120. The molecule has 0 radical (unpaired) electrons. The van der Waals surface area contributed by atoms with Gasteiger partial charge in [0.2, 0.25) is 0 Å². The quantitative estimate of drug-likeness (QED) is 0.694. The first-order chi connectivity index (χ1) is 6.16. The molecule has 72 valence electrons. The topological polar surface area (TPSA) is 38.0 Å². The third-order valence-electron chi connectivity index (χ3n) is 2.31. The zero-order valence-electron chi connectivity index (χ0n) is 8.43. The Morgan fingerprint density at radius 3 is 2.85 bits per heavy atom. The molecule has 13 heavy (non-hydrogen) atoms. The second kappa shape index (κ2) is 4.28. The van der Waals surface area contributed by atoms with Crippen LogP contribution in [0, 0.1) is 0 Å². The van der Waals surface area contributed by atoms with Crippen LogP contribution in [0.2, 0.25) is 0 Å². The summed E-state index contributed by atoms with van der Waals surface area (Å²) in [7, 11) is 0. The van der Waals surface area contributed by atoms with Crippen LogP contribution in [0.4, 0.5) is 0 Å². The minimum Gasteiger partial charge on any atom is -0.362 e. The first kappa shape index (κ1) is 10.1. The number of allylic oxidation sites excluding steroid dienone is 2. The summed E-state index contributed by atoms with van der Waals surface area (Å²) in [5.41, 5.74) is 9.39. The molecule has 0 fully saturated rings. The van der Waals surface area contributed by atoms with Crippen molar-refractivity contribution in [2.75, 3.05) is 0 Å². The van der Waals surface area contributed by atoms with E-state index in [4.69, 9.17) is 5.73 Å². The number of dihydropyridines is 1. The molecule has 0 saturated carbocycles. The van der Waals surface area contributed by atoms with E-state index >= 15 is 0 Å². The van der Waals surface area contributed by atoms with Crippen LogP contribution in [0.1, 0.15) is 26.7 Å². The molecule has 0 aromatic heterocycles. The first-order valence-corrected chi connectivity index (χ1v) is 4.75. The second-order valence-electron chi connectivity index (χ2n) is 3.45. The monoisotopic (exact) mass is 178 g/mol. The summed E-state index contributed by atoms with van der Waals surface area (Å²) in [5.74, 6) is 0. The highest BCUT2D eigenvalue weighted by molar-refractivity contribution is 5.43. The number of rotatable bonds is 3. The largest absolute Gasteiger partial charge is 0.362 e. The van der Waals surface area contributed by atoms with Crippen molar-refractivity contribution in [3.05, 3.63) is 35.7 Å². The Labute approximate surface area is 80.2 Å². The molecule has 1 aliphatic rings. The summed E-state index contributed by atoms with van der Waals surface area (Å²) in [4.78, 5) is 0. The molecule has 1 heterocycles. The Hall–Kier alpha value is -1.02. The van der Waals surface area contributed by atoms with Gasteiger partial charge in [-0.1, -0.05) is 19.9 Å². The average molecular weight is 178 g/mol. The highest BCUT2D eigenvalue weighted by atomic mass is 14.9. The summed E-state index contributed by atoms with van der Waals surface area (Å²) in [5, 5.41) is 3.09. The third kappa shape index (κ3) is 2.22. The highest BCUT2D eigenvalue weighted by Crippen LogP contribution is 2.21. The van der Waals surface area contributed by atoms with E-state index in [9.17, 15) is 0 Å². The molecule has 1 aliphatic heterocycles. The van der Waals surface area contributed by atoms with Gasteiger partial charge in [0.25, 0.3) is 0 Å². The Morgan fingerprint density at radius 2 is 2.31 bits per heavy atom. The Kier molecular flexibility index (Phi) is 3.32. The van der Waals surface area contributed by atoms with Crippen molar-refractivity contribution in [3.8, 4) is 0 Å². The van der Waals surface area contributed by atoms with E-state index in [1.54, 1.807) is 0 Å². The smallest absolute Gasteiger partial charge is 0.0357 e. The lowest BCUT2D eigenvalue weighted by molar-refractivity contribution is 0.666. The summed E-state index contributed by atoms with van der Waals surface area (Å²) in [6.45, 7) is 8.17. The lowest BCUT2D eigenvalue weighted by atomic mass is 9.94. The van der Waals surface area contributed by atoms with E-state index in [0.717, 1.165) is 18.5 Å². The molecule has 0 spiro atoms. The van der Waals surface area contributed by atoms with E-state index in [2.05, 4.69) is 25.7 Å². The van der Waals surface area contributed by atoms with E-state index < -0.39 is 0 Å². The fourth-order valence-corrected chi connectivity index (χ4v) is 1.64. The maximum absolute atomic E-state index is 6.05. The predicted octanol–water partition coefficient (Wildman–Crippen LogP) is 2.06. The molecular formula is C11H18N2. The molecule has 1 rings (SSSR count). The van der Waals surface area contributed by atoms with E-state index in [1.807, 2.05) is 12.3 Å². The minimum atomic E-state index is 0.120. The molecule has 0 amide bonds. The standard InChI is InChI=1S/C11H18N2/c1-4-5-10(12)11-8(2)6-7-13-9(11)3/h6-7,10,13H,3-5,12H2,1-2H3. The number of hydrogen-bond acceptors (Lipinski definition) is 2. The van der Waals surface area contributed by atoms with Gasteiger partial charge in [0, 0.05) is 17.9 Å². The first-order valence-electron chi connectivity index (χ1n) is 4.75. The zero-order chi connectivity index (χ0) is 9.84. The lowest BCUT2D eigenvalue weighted by Gasteiger charge is -2.22. The zero-order valence-corrected chi connectivity index (χ0v) is 8.43. The minimum absolute atomic E-state index is 0.120. The predicted molar refractivity (Wildman–Crippen MR) is 57.0 cm³/mol. The molecule has 2 nitrogen and oxygen atoms in total. The van der Waals surface area contributed by atoms with Crippen LogP contribution in [0.3, 0.4) is 0 Å². The summed E-state index contributed by atoms with van der Waals surface area (Å²) in [6.07, 6.45) is 6.06. The van der Waals surface area contributed by atoms with Crippen LogP contribution < -0.4 is 11.1 Å². The molecule has 3 N–H and O–H groups in total. The van der Waals surface area contributed by atoms with Crippen molar-refractivity contribution < 1.29 is 0 Å². The van der Waals surface area contributed by atoms with Gasteiger partial charge in [-0.3, -0.25) is 0 Å². The van der Waals surface area contributed by atoms with Crippen molar-refractivity contribution in [3.63, 3.8) is 0 Å². The third-order valence-corrected chi connectivity index (χ3v) is 2.31. The van der Waals surface area contributed by atoms with Crippen molar-refractivity contribution in [2.45, 2.75) is 32.7 Å². The van der Waals surface area contributed by atoms with Crippen molar-refractivity contribution >= 4 is 0 Å². The van der Waals surface area contributed by atoms with Gasteiger partial charge in [-0.2, -0.15) is 0 Å². The van der Waals surface area contributed by atoms with Crippen molar-refractivity contribution in [1.82, 2.24) is 5.32 Å². The van der Waals surface area contributed by atoms with E-state index in [1.165, 1.54) is 11.1 Å². The van der Waals surface area contributed by atoms with Crippen LogP contribution in [-0.2, 0) is 0 Å². The Bertz CT molecular complexity index is 261. The number of nitrogens with two attached hydrogens (primary N) is 1. The number of hydrogen-bond donors (Lipinski definition) is 2. The van der Waals surface area contributed by atoms with Crippen LogP contribution in [0.25, 0.3) is 0 Å². The molecule has 1 atom stereocenters. The van der Waals surface area contributed by atoms with Crippen molar-refractivity contribution in [2.24, 2.45) is 5.73 Å². The molecule has 1 unspecified atom stereocenters. The fourth-order valence-electron chi connectivity index (χ4n) is 1.64. The molecule has 0 aromatic rings. The molecule has 2 heteroatoms. The van der Waals surface area contributed by atoms with Gasteiger partial charge >= 0.3 is 0 Å². The van der Waals surface area contributed by atoms with Crippen LogP contribution in [0.15, 0.2) is 35.7 Å². The van der Waals surface area contributed by atoms with Gasteiger partial charge in [-0.15, -0.1) is 0 Å². The molecule has 0 saturated heterocycles. The maximum Gasteiger partial charge on any atom is 0.0357 e. The van der Waals surface area contributed by atoms with E-state index in [-0.39, 0.29) is 6.04 Å². The highest BCUT2D eigenvalue weighted by Gasteiger charge is 2.15.